The number of phenolic OH excluding ortho intramolecular Hbond substituents is 1. The number of rotatable bonds is 7. The summed E-state index contributed by atoms with van der Waals surface area (Å²) in [5, 5.41) is 27.2. The molecule has 0 aromatic heterocycles. The molecule has 0 heterocycles. The summed E-state index contributed by atoms with van der Waals surface area (Å²) < 4.78 is 5.20. The van der Waals surface area contributed by atoms with Gasteiger partial charge in [-0.25, -0.2) is 5.43 Å². The largest absolute Gasteiger partial charge is 0.507 e. The Morgan fingerprint density at radius 1 is 1.35 bits per heavy atom. The molecule has 9 nitrogen and oxygen atoms in total. The van der Waals surface area contributed by atoms with Gasteiger partial charge in [-0.05, 0) is 25.1 Å². The molecule has 1 amide bonds. The maximum Gasteiger partial charge on any atom is 0.270 e. The lowest BCUT2D eigenvalue weighted by Gasteiger charge is -2.15. The molecule has 0 radical (unpaired) electrons. The number of anilines is 1. The van der Waals surface area contributed by atoms with Gasteiger partial charge in [-0.3, -0.25) is 14.9 Å². The van der Waals surface area contributed by atoms with E-state index in [1.54, 1.807) is 25.1 Å². The molecular formula is C17H18N4O5. The fraction of sp³-hybridized carbons (Fsp3) is 0.176. The monoisotopic (exact) mass is 358 g/mol. The zero-order valence-electron chi connectivity index (χ0n) is 14.2. The number of methoxy groups -OCH3 is 1. The minimum atomic E-state index is -0.623. The summed E-state index contributed by atoms with van der Waals surface area (Å²) in [6, 6.07) is 10.0. The summed E-state index contributed by atoms with van der Waals surface area (Å²) in [7, 11) is 1.53. The number of carbonyl (C=O) groups excluding carboxylic acids is 1. The molecule has 0 aliphatic rings. The molecule has 3 N–H and O–H groups in total. The maximum absolute atomic E-state index is 12.1. The number of hydrazone groups is 1. The van der Waals surface area contributed by atoms with E-state index in [9.17, 15) is 20.0 Å². The van der Waals surface area contributed by atoms with Crippen molar-refractivity contribution >= 4 is 23.5 Å². The first-order chi connectivity index (χ1) is 12.4. The van der Waals surface area contributed by atoms with E-state index in [-0.39, 0.29) is 17.0 Å². The van der Waals surface area contributed by atoms with Gasteiger partial charge in [0.1, 0.15) is 17.5 Å². The summed E-state index contributed by atoms with van der Waals surface area (Å²) in [5.74, 6) is -0.0250. The van der Waals surface area contributed by atoms with Gasteiger partial charge < -0.3 is 15.2 Å². The van der Waals surface area contributed by atoms with Crippen LogP contribution in [0.3, 0.4) is 0 Å². The van der Waals surface area contributed by atoms with Crippen molar-refractivity contribution in [1.82, 2.24) is 5.43 Å². The Hall–Kier alpha value is -3.62. The van der Waals surface area contributed by atoms with Crippen molar-refractivity contribution in [3.8, 4) is 11.5 Å². The van der Waals surface area contributed by atoms with E-state index in [1.807, 2.05) is 6.07 Å². The molecule has 0 aliphatic carbocycles. The van der Waals surface area contributed by atoms with Gasteiger partial charge in [0.2, 0.25) is 0 Å². The number of hydrogen-bond acceptors (Lipinski definition) is 7. The topological polar surface area (TPSA) is 126 Å². The van der Waals surface area contributed by atoms with Crippen LogP contribution >= 0.6 is 0 Å². The van der Waals surface area contributed by atoms with E-state index in [0.29, 0.717) is 11.4 Å². The number of nitrogens with one attached hydrogen (secondary N) is 2. The molecule has 1 unspecified atom stereocenters. The van der Waals surface area contributed by atoms with Crippen LogP contribution in [0.15, 0.2) is 47.6 Å². The summed E-state index contributed by atoms with van der Waals surface area (Å²) in [4.78, 5) is 22.3. The van der Waals surface area contributed by atoms with Gasteiger partial charge in [-0.2, -0.15) is 5.10 Å². The van der Waals surface area contributed by atoms with Gasteiger partial charge >= 0.3 is 0 Å². The lowest BCUT2D eigenvalue weighted by Crippen LogP contribution is -2.35. The number of aromatic hydroxyl groups is 1. The molecule has 2 aromatic carbocycles. The minimum Gasteiger partial charge on any atom is -0.507 e. The first-order valence-corrected chi connectivity index (χ1v) is 7.62. The highest BCUT2D eigenvalue weighted by Crippen LogP contribution is 2.24. The molecule has 9 heteroatoms. The second kappa shape index (κ2) is 8.47. The van der Waals surface area contributed by atoms with Crippen LogP contribution in [0.1, 0.15) is 12.5 Å². The number of nitro benzene ring substituents is 1. The van der Waals surface area contributed by atoms with Gasteiger partial charge in [0.15, 0.2) is 0 Å². The van der Waals surface area contributed by atoms with Crippen molar-refractivity contribution in [3.05, 3.63) is 58.1 Å². The fourth-order valence-electron chi connectivity index (χ4n) is 2.08. The van der Waals surface area contributed by atoms with Gasteiger partial charge in [0.25, 0.3) is 11.6 Å². The standard InChI is InChI=1S/C17H18N4O5/c1-11(19-14-5-3-4-6-16(14)26-2)17(23)20-18-10-12-9-13(21(24)25)7-8-15(12)22/h3-11,19,22H,1-2H3,(H,20,23)/b18-10+. The van der Waals surface area contributed by atoms with Crippen LogP contribution in [0, 0.1) is 10.1 Å². The number of phenols is 1. The summed E-state index contributed by atoms with van der Waals surface area (Å²) >= 11 is 0. The molecule has 0 saturated carbocycles. The third-order valence-electron chi connectivity index (χ3n) is 3.47. The van der Waals surface area contributed by atoms with Crippen LogP contribution in [0.2, 0.25) is 0 Å². The molecule has 0 aliphatic heterocycles. The number of amides is 1. The molecular weight excluding hydrogens is 340 g/mol. The Bertz CT molecular complexity index is 838. The van der Waals surface area contributed by atoms with Crippen LogP contribution in [-0.2, 0) is 4.79 Å². The Morgan fingerprint density at radius 2 is 2.08 bits per heavy atom. The average Bonchev–Trinajstić information content (AvgIpc) is 2.63. The smallest absolute Gasteiger partial charge is 0.270 e. The number of para-hydroxylation sites is 2. The predicted molar refractivity (Wildman–Crippen MR) is 96.6 cm³/mol. The van der Waals surface area contributed by atoms with E-state index in [2.05, 4.69) is 15.8 Å². The van der Waals surface area contributed by atoms with Gasteiger partial charge in [-0.15, -0.1) is 0 Å². The van der Waals surface area contributed by atoms with Gasteiger partial charge in [0, 0.05) is 17.7 Å². The third-order valence-corrected chi connectivity index (χ3v) is 3.47. The van der Waals surface area contributed by atoms with Crippen molar-refractivity contribution < 1.29 is 19.6 Å². The van der Waals surface area contributed by atoms with Crippen molar-refractivity contribution in [2.75, 3.05) is 12.4 Å². The number of benzene rings is 2. The SMILES string of the molecule is COc1ccccc1NC(C)C(=O)N/N=C/c1cc([N+](=O)[O-])ccc1O. The van der Waals surface area contributed by atoms with Gasteiger partial charge in [0.05, 0.1) is 23.9 Å². The van der Waals surface area contributed by atoms with Crippen LogP contribution in [0.25, 0.3) is 0 Å². The first kappa shape index (κ1) is 18.7. The average molecular weight is 358 g/mol. The Kier molecular flexibility index (Phi) is 6.10. The molecule has 0 saturated heterocycles. The lowest BCUT2D eigenvalue weighted by atomic mass is 10.2. The highest BCUT2D eigenvalue weighted by molar-refractivity contribution is 5.88. The number of carbonyl (C=O) groups is 1. The fourth-order valence-corrected chi connectivity index (χ4v) is 2.08. The highest BCUT2D eigenvalue weighted by Gasteiger charge is 2.14. The van der Waals surface area contributed by atoms with E-state index < -0.39 is 16.9 Å². The van der Waals surface area contributed by atoms with E-state index >= 15 is 0 Å². The summed E-state index contributed by atoms with van der Waals surface area (Å²) in [6.07, 6.45) is 1.13. The number of ether oxygens (including phenoxy) is 1. The number of nitro groups is 1. The number of non-ortho nitro benzene ring substituents is 1. The van der Waals surface area contributed by atoms with Crippen LogP contribution in [-0.4, -0.2) is 35.3 Å². The predicted octanol–water partition coefficient (Wildman–Crippen LogP) is 2.26. The Morgan fingerprint density at radius 3 is 2.77 bits per heavy atom. The summed E-state index contributed by atoms with van der Waals surface area (Å²) in [6.45, 7) is 1.64. The minimum absolute atomic E-state index is 0.116. The Balaban J connectivity index is 2.00. The van der Waals surface area contributed by atoms with E-state index in [1.165, 1.54) is 19.2 Å². The number of hydrogen-bond donors (Lipinski definition) is 3. The van der Waals surface area contributed by atoms with Crippen LogP contribution in [0.5, 0.6) is 11.5 Å². The van der Waals surface area contributed by atoms with E-state index in [0.717, 1.165) is 12.3 Å². The lowest BCUT2D eigenvalue weighted by molar-refractivity contribution is -0.384. The van der Waals surface area contributed by atoms with Gasteiger partial charge in [-0.1, -0.05) is 12.1 Å². The molecule has 0 bridgehead atoms. The normalized spacial score (nSPS) is 11.8. The molecule has 136 valence electrons. The molecule has 0 spiro atoms. The second-order valence-electron chi connectivity index (χ2n) is 5.30. The van der Waals surface area contributed by atoms with Crippen LogP contribution in [0.4, 0.5) is 11.4 Å². The summed E-state index contributed by atoms with van der Waals surface area (Å²) in [5.41, 5.74) is 2.88. The highest BCUT2D eigenvalue weighted by atomic mass is 16.6. The second-order valence-corrected chi connectivity index (χ2v) is 5.30. The molecule has 1 atom stereocenters. The quantitative estimate of drug-likeness (QED) is 0.396. The number of nitrogens with zero attached hydrogens (tertiary/aromatic N) is 2. The van der Waals surface area contributed by atoms with Crippen LogP contribution < -0.4 is 15.5 Å². The van der Waals surface area contributed by atoms with E-state index in [4.69, 9.17) is 4.74 Å². The first-order valence-electron chi connectivity index (χ1n) is 7.62. The van der Waals surface area contributed by atoms with Crippen molar-refractivity contribution in [3.63, 3.8) is 0 Å². The molecule has 2 aromatic rings. The molecule has 0 fully saturated rings. The molecule has 26 heavy (non-hydrogen) atoms. The zero-order chi connectivity index (χ0) is 19.1. The van der Waals surface area contributed by atoms with Crippen molar-refractivity contribution in [2.45, 2.75) is 13.0 Å². The maximum atomic E-state index is 12.1. The molecule has 2 rings (SSSR count). The van der Waals surface area contributed by atoms with Crippen molar-refractivity contribution in [1.29, 1.82) is 0 Å². The van der Waals surface area contributed by atoms with Crippen molar-refractivity contribution in [2.24, 2.45) is 5.10 Å². The Labute approximate surface area is 149 Å². The zero-order valence-corrected chi connectivity index (χ0v) is 14.2. The third kappa shape index (κ3) is 4.69.